The summed E-state index contributed by atoms with van der Waals surface area (Å²) >= 11 is 5.90. The predicted molar refractivity (Wildman–Crippen MR) is 88.4 cm³/mol. The van der Waals surface area contributed by atoms with Crippen LogP contribution in [0.25, 0.3) is 0 Å². The third-order valence-electron chi connectivity index (χ3n) is 4.17. The van der Waals surface area contributed by atoms with Gasteiger partial charge < -0.3 is 0 Å². The van der Waals surface area contributed by atoms with E-state index in [0.29, 0.717) is 6.54 Å². The Morgan fingerprint density at radius 2 is 1.26 bits per heavy atom. The lowest BCUT2D eigenvalue weighted by molar-refractivity contribution is 0.122. The summed E-state index contributed by atoms with van der Waals surface area (Å²) in [5.74, 6) is -1.56. The highest BCUT2D eigenvalue weighted by molar-refractivity contribution is 6.30. The smallest absolute Gasteiger partial charge is 0.159 e. The number of benzene rings is 2. The van der Waals surface area contributed by atoms with Crippen molar-refractivity contribution >= 4 is 11.6 Å². The molecule has 2 aromatic rings. The lowest BCUT2D eigenvalue weighted by atomic mass is 10.1. The normalized spacial score (nSPS) is 16.7. The first-order chi connectivity index (χ1) is 11.1. The van der Waals surface area contributed by atoms with Gasteiger partial charge in [0.15, 0.2) is 11.6 Å². The van der Waals surface area contributed by atoms with Crippen LogP contribution in [-0.2, 0) is 13.1 Å². The summed E-state index contributed by atoms with van der Waals surface area (Å²) in [6.07, 6.45) is 0. The molecule has 0 spiro atoms. The fourth-order valence-electron chi connectivity index (χ4n) is 2.85. The molecule has 1 heterocycles. The van der Waals surface area contributed by atoms with E-state index in [4.69, 9.17) is 11.6 Å². The lowest BCUT2D eigenvalue weighted by Crippen LogP contribution is -2.45. The Bertz CT molecular complexity index is 653. The van der Waals surface area contributed by atoms with Gasteiger partial charge >= 0.3 is 0 Å². The Morgan fingerprint density at radius 3 is 1.83 bits per heavy atom. The van der Waals surface area contributed by atoms with E-state index in [1.807, 2.05) is 12.1 Å². The van der Waals surface area contributed by atoms with Gasteiger partial charge in [0.1, 0.15) is 0 Å². The third-order valence-corrected chi connectivity index (χ3v) is 4.43. The zero-order chi connectivity index (χ0) is 16.2. The van der Waals surface area contributed by atoms with Crippen LogP contribution in [0.3, 0.4) is 0 Å². The SMILES string of the molecule is Fc1ccc(CN2CCN(Cc3ccc(Cl)cc3)CC2)cc1F. The fourth-order valence-corrected chi connectivity index (χ4v) is 2.98. The molecule has 0 N–H and O–H groups in total. The van der Waals surface area contributed by atoms with Crippen molar-refractivity contribution in [2.24, 2.45) is 0 Å². The first-order valence-corrected chi connectivity index (χ1v) is 8.11. The molecule has 1 aliphatic heterocycles. The van der Waals surface area contributed by atoms with Gasteiger partial charge in [-0.2, -0.15) is 0 Å². The Kier molecular flexibility index (Phi) is 5.26. The second kappa shape index (κ2) is 7.39. The minimum absolute atomic E-state index is 0.659. The van der Waals surface area contributed by atoms with Crippen LogP contribution >= 0.6 is 11.6 Å². The number of piperazine rings is 1. The first-order valence-electron chi connectivity index (χ1n) is 7.73. The molecule has 2 aromatic carbocycles. The summed E-state index contributed by atoms with van der Waals surface area (Å²) in [7, 11) is 0. The fraction of sp³-hybridized carbons (Fsp3) is 0.333. The summed E-state index contributed by atoms with van der Waals surface area (Å²) in [4.78, 5) is 4.66. The van der Waals surface area contributed by atoms with Crippen molar-refractivity contribution in [3.8, 4) is 0 Å². The maximum atomic E-state index is 13.3. The quantitative estimate of drug-likeness (QED) is 0.834. The molecule has 3 rings (SSSR count). The molecule has 0 aromatic heterocycles. The largest absolute Gasteiger partial charge is 0.297 e. The molecule has 0 unspecified atom stereocenters. The van der Waals surface area contributed by atoms with Crippen LogP contribution in [0.4, 0.5) is 8.78 Å². The lowest BCUT2D eigenvalue weighted by Gasteiger charge is -2.34. The number of hydrogen-bond acceptors (Lipinski definition) is 2. The Labute approximate surface area is 140 Å². The van der Waals surface area contributed by atoms with Gasteiger partial charge in [-0.15, -0.1) is 0 Å². The third kappa shape index (κ3) is 4.50. The summed E-state index contributed by atoms with van der Waals surface area (Å²) in [5, 5.41) is 0.755. The van der Waals surface area contributed by atoms with E-state index in [1.165, 1.54) is 17.7 Å². The average molecular weight is 337 g/mol. The van der Waals surface area contributed by atoms with Crippen LogP contribution in [-0.4, -0.2) is 36.0 Å². The van der Waals surface area contributed by atoms with Crippen molar-refractivity contribution in [1.29, 1.82) is 0 Å². The van der Waals surface area contributed by atoms with Crippen LogP contribution in [0.5, 0.6) is 0 Å². The molecule has 0 amide bonds. The van der Waals surface area contributed by atoms with Crippen LogP contribution in [0, 0.1) is 11.6 Å². The molecule has 1 aliphatic rings. The van der Waals surface area contributed by atoms with Crippen molar-refractivity contribution in [3.63, 3.8) is 0 Å². The van der Waals surface area contributed by atoms with Crippen LogP contribution < -0.4 is 0 Å². The second-order valence-electron chi connectivity index (χ2n) is 5.93. The topological polar surface area (TPSA) is 6.48 Å². The Morgan fingerprint density at radius 1 is 0.739 bits per heavy atom. The minimum atomic E-state index is -0.790. The zero-order valence-corrected chi connectivity index (χ0v) is 13.6. The van der Waals surface area contributed by atoms with Crippen LogP contribution in [0.1, 0.15) is 11.1 Å². The summed E-state index contributed by atoms with van der Waals surface area (Å²) < 4.78 is 26.2. The molecule has 0 saturated carbocycles. The Balaban J connectivity index is 1.50. The van der Waals surface area contributed by atoms with E-state index in [0.717, 1.165) is 43.3 Å². The number of hydrogen-bond donors (Lipinski definition) is 0. The minimum Gasteiger partial charge on any atom is -0.297 e. The molecular formula is C18H19ClF2N2. The molecule has 1 saturated heterocycles. The summed E-state index contributed by atoms with van der Waals surface area (Å²) in [6, 6.07) is 12.1. The molecule has 122 valence electrons. The van der Waals surface area contributed by atoms with Gasteiger partial charge in [0.2, 0.25) is 0 Å². The standard InChI is InChI=1S/C18H19ClF2N2/c19-16-4-1-14(2-5-16)12-22-7-9-23(10-8-22)13-15-3-6-17(20)18(21)11-15/h1-6,11H,7-10,12-13H2. The molecule has 0 radical (unpaired) electrons. The van der Waals surface area contributed by atoms with Gasteiger partial charge in [0, 0.05) is 44.3 Å². The molecular weight excluding hydrogens is 318 g/mol. The molecule has 0 bridgehead atoms. The Hall–Kier alpha value is -1.49. The van der Waals surface area contributed by atoms with Gasteiger partial charge in [-0.25, -0.2) is 8.78 Å². The van der Waals surface area contributed by atoms with Crippen LogP contribution in [0.2, 0.25) is 5.02 Å². The highest BCUT2D eigenvalue weighted by Crippen LogP contribution is 2.15. The molecule has 1 fully saturated rings. The molecule has 2 nitrogen and oxygen atoms in total. The van der Waals surface area contributed by atoms with E-state index < -0.39 is 11.6 Å². The number of halogens is 3. The van der Waals surface area contributed by atoms with Crippen LogP contribution in [0.15, 0.2) is 42.5 Å². The molecule has 5 heteroatoms. The van der Waals surface area contributed by atoms with Gasteiger partial charge in [-0.05, 0) is 35.4 Å². The van der Waals surface area contributed by atoms with E-state index in [1.54, 1.807) is 6.07 Å². The van der Waals surface area contributed by atoms with Crippen molar-refractivity contribution in [2.45, 2.75) is 13.1 Å². The second-order valence-corrected chi connectivity index (χ2v) is 6.36. The van der Waals surface area contributed by atoms with E-state index in [2.05, 4.69) is 21.9 Å². The molecule has 0 atom stereocenters. The van der Waals surface area contributed by atoms with Crippen molar-refractivity contribution in [2.75, 3.05) is 26.2 Å². The van der Waals surface area contributed by atoms with Gasteiger partial charge in [-0.1, -0.05) is 29.8 Å². The summed E-state index contributed by atoms with van der Waals surface area (Å²) in [5.41, 5.74) is 2.07. The summed E-state index contributed by atoms with van der Waals surface area (Å²) in [6.45, 7) is 5.35. The predicted octanol–water partition coefficient (Wildman–Crippen LogP) is 3.94. The van der Waals surface area contributed by atoms with E-state index >= 15 is 0 Å². The monoisotopic (exact) mass is 336 g/mol. The number of nitrogens with zero attached hydrogens (tertiary/aromatic N) is 2. The zero-order valence-electron chi connectivity index (χ0n) is 12.8. The number of rotatable bonds is 4. The molecule has 0 aliphatic carbocycles. The van der Waals surface area contributed by atoms with Gasteiger partial charge in [0.05, 0.1) is 0 Å². The van der Waals surface area contributed by atoms with Gasteiger partial charge in [0.25, 0.3) is 0 Å². The van der Waals surface area contributed by atoms with E-state index in [-0.39, 0.29) is 0 Å². The van der Waals surface area contributed by atoms with Crippen molar-refractivity contribution in [1.82, 2.24) is 9.80 Å². The maximum Gasteiger partial charge on any atom is 0.159 e. The first kappa shape index (κ1) is 16.4. The van der Waals surface area contributed by atoms with Gasteiger partial charge in [-0.3, -0.25) is 9.80 Å². The molecule has 23 heavy (non-hydrogen) atoms. The highest BCUT2D eigenvalue weighted by atomic mass is 35.5. The van der Waals surface area contributed by atoms with E-state index in [9.17, 15) is 8.78 Å². The van der Waals surface area contributed by atoms with Crippen molar-refractivity contribution < 1.29 is 8.78 Å². The average Bonchev–Trinajstić information content (AvgIpc) is 2.55. The highest BCUT2D eigenvalue weighted by Gasteiger charge is 2.17. The van der Waals surface area contributed by atoms with Crippen molar-refractivity contribution in [3.05, 3.63) is 70.2 Å². The maximum absolute atomic E-state index is 13.3.